The van der Waals surface area contributed by atoms with E-state index in [1.165, 1.54) is 6.07 Å². The van der Waals surface area contributed by atoms with Gasteiger partial charge in [-0.15, -0.1) is 5.11 Å². The second-order valence-corrected chi connectivity index (χ2v) is 3.82. The molecule has 0 atom stereocenters. The summed E-state index contributed by atoms with van der Waals surface area (Å²) in [4.78, 5) is 16.2. The highest BCUT2D eigenvalue weighted by Crippen LogP contribution is 2.19. The fourth-order valence-electron chi connectivity index (χ4n) is 1.62. The van der Waals surface area contributed by atoms with E-state index in [1.807, 2.05) is 0 Å². The van der Waals surface area contributed by atoms with Crippen LogP contribution in [0.2, 0.25) is 0 Å². The highest BCUT2D eigenvalue weighted by molar-refractivity contribution is 5.39. The molecule has 2 aromatic heterocycles. The lowest BCUT2D eigenvalue weighted by Crippen LogP contribution is -2.06. The Labute approximate surface area is 112 Å². The number of rotatable bonds is 5. The van der Waals surface area contributed by atoms with Gasteiger partial charge in [-0.3, -0.25) is 9.48 Å². The van der Waals surface area contributed by atoms with Gasteiger partial charge in [-0.25, -0.2) is 0 Å². The maximum Gasteiger partial charge on any atom is 0.247 e. The molecule has 0 saturated heterocycles. The van der Waals surface area contributed by atoms with Crippen LogP contribution in [0.25, 0.3) is 10.4 Å². The van der Waals surface area contributed by atoms with E-state index in [4.69, 9.17) is 11.4 Å². The Kier molecular flexibility index (Phi) is 4.10. The maximum atomic E-state index is 11.0. The smallest absolute Gasteiger partial charge is 0.247 e. The molecule has 0 aliphatic rings. The van der Waals surface area contributed by atoms with Gasteiger partial charge in [0.1, 0.15) is 5.69 Å². The maximum absolute atomic E-state index is 11.0. The van der Waals surface area contributed by atoms with Gasteiger partial charge in [0.25, 0.3) is 0 Å². The van der Waals surface area contributed by atoms with Gasteiger partial charge in [-0.05, 0) is 11.1 Å². The number of nitrogens with one attached hydrogen (secondary N) is 1. The fraction of sp³-hybridized carbons (Fsp3) is 0.200. The van der Waals surface area contributed by atoms with Crippen LogP contribution in [-0.2, 0) is 13.1 Å². The van der Waals surface area contributed by atoms with Crippen LogP contribution in [0.4, 0.5) is 5.69 Å². The molecule has 0 fully saturated rings. The SMILES string of the molecule is [N-]=[N+]=NCc1nn(Cc2ccc(=O)[nH]c2)cc1N=NN. The van der Waals surface area contributed by atoms with Crippen LogP contribution in [-0.4, -0.2) is 14.8 Å². The van der Waals surface area contributed by atoms with Gasteiger partial charge in [0, 0.05) is 17.2 Å². The fourth-order valence-corrected chi connectivity index (χ4v) is 1.62. The molecule has 0 spiro atoms. The van der Waals surface area contributed by atoms with Crippen molar-refractivity contribution in [3.63, 3.8) is 0 Å². The molecule has 0 aromatic carbocycles. The van der Waals surface area contributed by atoms with E-state index >= 15 is 0 Å². The Bertz CT molecular complexity index is 702. The standard InChI is InChI=1S/C10H11N9O/c11-17-14-4-8-9(15-18-12)6-19(16-8)5-7-1-2-10(20)13-3-7/h1-3,6H,4-5H2,(H2,12,15)(H,13,20). The molecule has 0 aliphatic heterocycles. The molecule has 0 saturated carbocycles. The highest BCUT2D eigenvalue weighted by Gasteiger charge is 2.08. The zero-order chi connectivity index (χ0) is 14.4. The molecular formula is C10H11N9O. The minimum atomic E-state index is -0.170. The summed E-state index contributed by atoms with van der Waals surface area (Å²) < 4.78 is 1.60. The molecule has 2 heterocycles. The summed E-state index contributed by atoms with van der Waals surface area (Å²) in [5, 5.41) is 14.6. The molecule has 0 radical (unpaired) electrons. The second kappa shape index (κ2) is 6.16. The molecule has 0 amide bonds. The third-order valence-corrected chi connectivity index (χ3v) is 2.46. The van der Waals surface area contributed by atoms with Gasteiger partial charge in [0.2, 0.25) is 5.56 Å². The lowest BCUT2D eigenvalue weighted by molar-refractivity contribution is 0.669. The first-order chi connectivity index (χ1) is 9.72. The van der Waals surface area contributed by atoms with Crippen molar-refractivity contribution in [2.75, 3.05) is 0 Å². The predicted octanol–water partition coefficient (Wildman–Crippen LogP) is 1.39. The first kappa shape index (κ1) is 13.3. The van der Waals surface area contributed by atoms with E-state index in [1.54, 1.807) is 23.1 Å². The number of pyridine rings is 1. The number of aromatic nitrogens is 3. The summed E-state index contributed by atoms with van der Waals surface area (Å²) in [6.45, 7) is 0.490. The van der Waals surface area contributed by atoms with E-state index in [-0.39, 0.29) is 12.1 Å². The molecule has 10 nitrogen and oxygen atoms in total. The zero-order valence-corrected chi connectivity index (χ0v) is 10.3. The monoisotopic (exact) mass is 273 g/mol. The highest BCUT2D eigenvalue weighted by atomic mass is 16.1. The Balaban J connectivity index is 2.25. The Morgan fingerprint density at radius 2 is 2.35 bits per heavy atom. The molecule has 0 unspecified atom stereocenters. The van der Waals surface area contributed by atoms with Gasteiger partial charge in [0.15, 0.2) is 0 Å². The van der Waals surface area contributed by atoms with Crippen LogP contribution < -0.4 is 11.4 Å². The van der Waals surface area contributed by atoms with Crippen LogP contribution in [0.5, 0.6) is 0 Å². The molecule has 3 N–H and O–H groups in total. The minimum absolute atomic E-state index is 0.0590. The number of hydrogen-bond acceptors (Lipinski definition) is 5. The van der Waals surface area contributed by atoms with Crippen molar-refractivity contribution in [1.29, 1.82) is 0 Å². The van der Waals surface area contributed by atoms with Crippen LogP contribution in [0, 0.1) is 0 Å². The average Bonchev–Trinajstić information content (AvgIpc) is 2.81. The van der Waals surface area contributed by atoms with Crippen LogP contribution >= 0.6 is 0 Å². The summed E-state index contributed by atoms with van der Waals surface area (Å²) in [6.07, 6.45) is 3.23. The lowest BCUT2D eigenvalue weighted by Gasteiger charge is -2.00. The number of nitrogens with zero attached hydrogens (tertiary/aromatic N) is 7. The van der Waals surface area contributed by atoms with E-state index in [9.17, 15) is 4.79 Å². The van der Waals surface area contributed by atoms with Gasteiger partial charge < -0.3 is 10.8 Å². The molecule has 0 bridgehead atoms. The van der Waals surface area contributed by atoms with Crippen molar-refractivity contribution in [3.05, 3.63) is 56.6 Å². The van der Waals surface area contributed by atoms with E-state index in [0.717, 1.165) is 5.56 Å². The number of hydrogen-bond donors (Lipinski definition) is 2. The average molecular weight is 273 g/mol. The zero-order valence-electron chi connectivity index (χ0n) is 10.3. The van der Waals surface area contributed by atoms with Crippen LogP contribution in [0.15, 0.2) is 44.8 Å². The van der Waals surface area contributed by atoms with E-state index < -0.39 is 0 Å². The second-order valence-electron chi connectivity index (χ2n) is 3.82. The molecule has 2 aromatic rings. The third-order valence-electron chi connectivity index (χ3n) is 2.46. The molecule has 10 heteroatoms. The van der Waals surface area contributed by atoms with E-state index in [2.05, 4.69) is 30.4 Å². The van der Waals surface area contributed by atoms with Gasteiger partial charge >= 0.3 is 0 Å². The Hall–Kier alpha value is -3.13. The summed E-state index contributed by atoms with van der Waals surface area (Å²) in [7, 11) is 0. The lowest BCUT2D eigenvalue weighted by atomic mass is 10.3. The normalized spacial score (nSPS) is 10.6. The Morgan fingerprint density at radius 3 is 3.00 bits per heavy atom. The largest absolute Gasteiger partial charge is 0.329 e. The van der Waals surface area contributed by atoms with Crippen LogP contribution in [0.3, 0.4) is 0 Å². The van der Waals surface area contributed by atoms with Crippen molar-refractivity contribution >= 4 is 5.69 Å². The summed E-state index contributed by atoms with van der Waals surface area (Å²) in [5.41, 5.74) is 9.93. The summed E-state index contributed by atoms with van der Waals surface area (Å²) >= 11 is 0. The summed E-state index contributed by atoms with van der Waals surface area (Å²) in [5.74, 6) is 5.01. The Morgan fingerprint density at radius 1 is 1.50 bits per heavy atom. The molecule has 2 rings (SSSR count). The predicted molar refractivity (Wildman–Crippen MR) is 69.9 cm³/mol. The van der Waals surface area contributed by atoms with Crippen molar-refractivity contribution in [3.8, 4) is 0 Å². The van der Waals surface area contributed by atoms with Crippen LogP contribution in [0.1, 0.15) is 11.3 Å². The first-order valence-electron chi connectivity index (χ1n) is 5.58. The van der Waals surface area contributed by atoms with Gasteiger partial charge in [-0.1, -0.05) is 16.4 Å². The molecule has 20 heavy (non-hydrogen) atoms. The molecule has 102 valence electrons. The van der Waals surface area contributed by atoms with Crippen molar-refractivity contribution in [2.24, 2.45) is 21.3 Å². The topological polar surface area (TPSA) is 150 Å². The number of nitrogens with two attached hydrogens (primary N) is 1. The number of aromatic amines is 1. The van der Waals surface area contributed by atoms with Crippen molar-refractivity contribution < 1.29 is 0 Å². The van der Waals surface area contributed by atoms with Crippen molar-refractivity contribution in [1.82, 2.24) is 14.8 Å². The first-order valence-corrected chi connectivity index (χ1v) is 5.58. The number of azide groups is 1. The quantitative estimate of drug-likeness (QED) is 0.278. The minimum Gasteiger partial charge on any atom is -0.329 e. The van der Waals surface area contributed by atoms with E-state index in [0.29, 0.717) is 17.9 Å². The summed E-state index contributed by atoms with van der Waals surface area (Å²) in [6, 6.07) is 3.12. The molecule has 0 aliphatic carbocycles. The third kappa shape index (κ3) is 3.21. The van der Waals surface area contributed by atoms with Gasteiger partial charge in [0.05, 0.1) is 25.0 Å². The molecular weight excluding hydrogens is 262 g/mol. The van der Waals surface area contributed by atoms with Crippen molar-refractivity contribution in [2.45, 2.75) is 13.1 Å². The van der Waals surface area contributed by atoms with Gasteiger partial charge in [-0.2, -0.15) is 5.10 Å². The number of H-pyrrole nitrogens is 1.